The number of nitrogens with one attached hydrogen (secondary N) is 1. The van der Waals surface area contributed by atoms with Gasteiger partial charge in [0.25, 0.3) is 5.91 Å². The van der Waals surface area contributed by atoms with Gasteiger partial charge in [0.1, 0.15) is 0 Å². The van der Waals surface area contributed by atoms with Crippen molar-refractivity contribution in [3.05, 3.63) is 48.6 Å². The van der Waals surface area contributed by atoms with E-state index in [0.717, 1.165) is 5.57 Å². The van der Waals surface area contributed by atoms with Crippen LogP contribution in [-0.2, 0) is 4.79 Å². The Labute approximate surface area is 72.0 Å². The molecule has 1 rings (SSSR count). The van der Waals surface area contributed by atoms with Crippen LogP contribution in [0.15, 0.2) is 48.6 Å². The van der Waals surface area contributed by atoms with Crippen molar-refractivity contribution in [3.8, 4) is 0 Å². The highest BCUT2D eigenvalue weighted by atomic mass is 16.2. The monoisotopic (exact) mass is 161 g/mol. The van der Waals surface area contributed by atoms with Gasteiger partial charge in [0, 0.05) is 12.1 Å². The summed E-state index contributed by atoms with van der Waals surface area (Å²) in [5.41, 5.74) is 1.65. The number of carbonyl (C=O) groups excluding carboxylic acids is 1. The highest BCUT2D eigenvalue weighted by Crippen LogP contribution is 2.15. The molecule has 0 spiro atoms. The first kappa shape index (κ1) is 8.53. The summed E-state index contributed by atoms with van der Waals surface area (Å²) in [4.78, 5) is 11.1. The zero-order chi connectivity index (χ0) is 8.97. The first-order valence-corrected chi connectivity index (χ1v) is 3.72. The van der Waals surface area contributed by atoms with Gasteiger partial charge >= 0.3 is 0 Å². The molecule has 2 nitrogen and oxygen atoms in total. The molecule has 2 heteroatoms. The van der Waals surface area contributed by atoms with Gasteiger partial charge in [-0.05, 0) is 11.6 Å². The van der Waals surface area contributed by atoms with E-state index in [-0.39, 0.29) is 5.91 Å². The van der Waals surface area contributed by atoms with E-state index in [1.165, 1.54) is 0 Å². The van der Waals surface area contributed by atoms with Gasteiger partial charge in [-0.2, -0.15) is 0 Å². The average molecular weight is 161 g/mol. The van der Waals surface area contributed by atoms with Crippen LogP contribution in [0.5, 0.6) is 0 Å². The fourth-order valence-electron chi connectivity index (χ4n) is 1.10. The van der Waals surface area contributed by atoms with Crippen LogP contribution in [0.25, 0.3) is 0 Å². The third-order valence-electron chi connectivity index (χ3n) is 1.63. The Balaban J connectivity index is 2.99. The molecule has 1 aliphatic rings. The lowest BCUT2D eigenvalue weighted by molar-refractivity contribution is -0.116. The van der Waals surface area contributed by atoms with Crippen molar-refractivity contribution in [3.63, 3.8) is 0 Å². The summed E-state index contributed by atoms with van der Waals surface area (Å²) < 4.78 is 0. The van der Waals surface area contributed by atoms with E-state index < -0.39 is 0 Å². The molecule has 1 aliphatic heterocycles. The van der Waals surface area contributed by atoms with Gasteiger partial charge in [-0.1, -0.05) is 31.4 Å². The third-order valence-corrected chi connectivity index (χ3v) is 1.63. The third kappa shape index (κ3) is 1.53. The summed E-state index contributed by atoms with van der Waals surface area (Å²) in [7, 11) is 0. The molecule has 0 aliphatic carbocycles. The molecule has 0 aromatic carbocycles. The summed E-state index contributed by atoms with van der Waals surface area (Å²) >= 11 is 0. The lowest BCUT2D eigenvalue weighted by atomic mass is 10.1. The van der Waals surface area contributed by atoms with Crippen molar-refractivity contribution in [1.82, 2.24) is 5.32 Å². The van der Waals surface area contributed by atoms with Crippen LogP contribution >= 0.6 is 0 Å². The minimum atomic E-state index is -0.0389. The second-order valence-corrected chi connectivity index (χ2v) is 2.43. The first-order chi connectivity index (χ1) is 5.79. The second-order valence-electron chi connectivity index (χ2n) is 2.43. The Kier molecular flexibility index (Phi) is 2.64. The molecule has 62 valence electrons. The molecule has 0 atom stereocenters. The summed E-state index contributed by atoms with van der Waals surface area (Å²) in [6, 6.07) is 0. The van der Waals surface area contributed by atoms with Crippen LogP contribution in [0.2, 0.25) is 0 Å². The molecule has 0 aromatic rings. The first-order valence-electron chi connectivity index (χ1n) is 3.72. The van der Waals surface area contributed by atoms with Gasteiger partial charge < -0.3 is 5.32 Å². The molecule has 1 heterocycles. The summed E-state index contributed by atoms with van der Waals surface area (Å²) in [6.45, 7) is 7.71. The van der Waals surface area contributed by atoms with Crippen LogP contribution in [-0.4, -0.2) is 12.5 Å². The molecular formula is C10H11NO. The van der Waals surface area contributed by atoms with Crippen molar-refractivity contribution < 1.29 is 4.79 Å². The van der Waals surface area contributed by atoms with Gasteiger partial charge in [0.2, 0.25) is 0 Å². The van der Waals surface area contributed by atoms with E-state index >= 15 is 0 Å². The molecule has 1 saturated heterocycles. The van der Waals surface area contributed by atoms with Gasteiger partial charge in [0.05, 0.1) is 0 Å². The Hall–Kier alpha value is -1.57. The largest absolute Gasteiger partial charge is 0.348 e. The van der Waals surface area contributed by atoms with Crippen LogP contribution in [0, 0.1) is 0 Å². The normalized spacial score (nSPS) is 22.8. The molecule has 0 unspecified atom stereocenters. The number of carbonyl (C=O) groups is 1. The van der Waals surface area contributed by atoms with Crippen LogP contribution in [0.4, 0.5) is 0 Å². The lowest BCUT2D eigenvalue weighted by Gasteiger charge is -1.92. The van der Waals surface area contributed by atoms with Crippen molar-refractivity contribution in [1.29, 1.82) is 0 Å². The molecule has 0 aromatic heterocycles. The van der Waals surface area contributed by atoms with E-state index in [0.29, 0.717) is 12.1 Å². The zero-order valence-electron chi connectivity index (χ0n) is 6.84. The van der Waals surface area contributed by atoms with Gasteiger partial charge in [-0.3, -0.25) is 4.79 Å². The molecular weight excluding hydrogens is 150 g/mol. The molecule has 0 saturated carbocycles. The zero-order valence-corrected chi connectivity index (χ0v) is 6.84. The minimum Gasteiger partial charge on any atom is -0.348 e. The standard InChI is InChI=1S/C10H11NO/c1-3-5-8-7-11-10(12)9(8)6-4-2/h3-6H,1-2,7H2,(H,11,12)/b8-5-,9-6+. The highest BCUT2D eigenvalue weighted by molar-refractivity contribution is 6.01. The molecule has 1 N–H and O–H groups in total. The van der Waals surface area contributed by atoms with E-state index in [4.69, 9.17) is 0 Å². The maximum absolute atomic E-state index is 11.1. The smallest absolute Gasteiger partial charge is 0.251 e. The second kappa shape index (κ2) is 3.72. The molecule has 0 radical (unpaired) electrons. The maximum atomic E-state index is 11.1. The lowest BCUT2D eigenvalue weighted by Crippen LogP contribution is -2.13. The van der Waals surface area contributed by atoms with E-state index in [1.54, 1.807) is 18.2 Å². The number of hydrogen-bond acceptors (Lipinski definition) is 1. The predicted octanol–water partition coefficient (Wildman–Crippen LogP) is 1.34. The predicted molar refractivity (Wildman–Crippen MR) is 49.6 cm³/mol. The quantitative estimate of drug-likeness (QED) is 0.608. The Morgan fingerprint density at radius 1 is 1.25 bits per heavy atom. The van der Waals surface area contributed by atoms with Crippen LogP contribution in [0.3, 0.4) is 0 Å². The van der Waals surface area contributed by atoms with Gasteiger partial charge in [-0.25, -0.2) is 0 Å². The summed E-state index contributed by atoms with van der Waals surface area (Å²) in [6.07, 6.45) is 6.81. The van der Waals surface area contributed by atoms with Crippen molar-refractivity contribution in [2.45, 2.75) is 0 Å². The maximum Gasteiger partial charge on any atom is 0.251 e. The van der Waals surface area contributed by atoms with Crippen molar-refractivity contribution in [2.24, 2.45) is 0 Å². The minimum absolute atomic E-state index is 0.0389. The van der Waals surface area contributed by atoms with Gasteiger partial charge in [-0.15, -0.1) is 0 Å². The molecule has 1 amide bonds. The van der Waals surface area contributed by atoms with Crippen LogP contribution < -0.4 is 5.32 Å². The number of amides is 1. The van der Waals surface area contributed by atoms with E-state index in [2.05, 4.69) is 18.5 Å². The Morgan fingerprint density at radius 3 is 2.50 bits per heavy atom. The summed E-state index contributed by atoms with van der Waals surface area (Å²) in [5.74, 6) is -0.0389. The van der Waals surface area contributed by atoms with Crippen molar-refractivity contribution in [2.75, 3.05) is 6.54 Å². The highest BCUT2D eigenvalue weighted by Gasteiger charge is 2.19. The molecule has 12 heavy (non-hydrogen) atoms. The van der Waals surface area contributed by atoms with Crippen molar-refractivity contribution >= 4 is 5.91 Å². The van der Waals surface area contributed by atoms with E-state index in [1.807, 2.05) is 6.08 Å². The van der Waals surface area contributed by atoms with Crippen LogP contribution in [0.1, 0.15) is 0 Å². The SMILES string of the molecule is C=C/C=C1/CNC(=O)/C1=C/C=C. The topological polar surface area (TPSA) is 29.1 Å². The fraction of sp³-hybridized carbons (Fsp3) is 0.100. The Morgan fingerprint density at radius 2 is 1.92 bits per heavy atom. The molecule has 1 fully saturated rings. The van der Waals surface area contributed by atoms with E-state index in [9.17, 15) is 4.79 Å². The van der Waals surface area contributed by atoms with Gasteiger partial charge in [0.15, 0.2) is 0 Å². The number of allylic oxidation sites excluding steroid dienone is 4. The Bertz CT molecular complexity index is 284. The number of rotatable bonds is 2. The molecule has 0 bridgehead atoms. The average Bonchev–Trinajstić information content (AvgIpc) is 2.37. The fourth-order valence-corrected chi connectivity index (χ4v) is 1.10. The number of hydrogen-bond donors (Lipinski definition) is 1. The summed E-state index contributed by atoms with van der Waals surface area (Å²) in [5, 5.41) is 2.72.